The second-order valence-corrected chi connectivity index (χ2v) is 13.2. The molecule has 0 unspecified atom stereocenters. The molecule has 0 radical (unpaired) electrons. The van der Waals surface area contributed by atoms with Crippen LogP contribution in [0, 0.1) is 11.3 Å². The molecule has 0 amide bonds. The number of thiazole rings is 1. The van der Waals surface area contributed by atoms with E-state index in [9.17, 15) is 10.4 Å². The minimum Gasteiger partial charge on any atom is -0.489 e. The summed E-state index contributed by atoms with van der Waals surface area (Å²) in [6.45, 7) is 1.46. The number of halogens is 3. The molecule has 1 aliphatic heterocycles. The van der Waals surface area contributed by atoms with Gasteiger partial charge in [0, 0.05) is 30.1 Å². The lowest BCUT2D eigenvalue weighted by atomic mass is 9.84. The fourth-order valence-electron chi connectivity index (χ4n) is 5.62. The molecule has 218 valence electrons. The second-order valence-electron chi connectivity index (χ2n) is 11.0. The summed E-state index contributed by atoms with van der Waals surface area (Å²) in [5.41, 5.74) is 3.13. The molecule has 11 heteroatoms. The number of nitrogens with zero attached hydrogens (tertiary/aromatic N) is 4. The van der Waals surface area contributed by atoms with Crippen LogP contribution in [0.15, 0.2) is 59.1 Å². The third-order valence-corrected chi connectivity index (χ3v) is 10.2. The second kappa shape index (κ2) is 11.3. The van der Waals surface area contributed by atoms with Gasteiger partial charge in [-0.2, -0.15) is 5.26 Å². The average molecular weight is 652 g/mol. The van der Waals surface area contributed by atoms with Crippen LogP contribution in [0.25, 0.3) is 21.5 Å². The Hall–Kier alpha value is -3.32. The number of hydrogen-bond acceptors (Lipinski definition) is 8. The van der Waals surface area contributed by atoms with Crippen molar-refractivity contribution in [2.45, 2.75) is 43.8 Å². The third-order valence-electron chi connectivity index (χ3n) is 8.16. The van der Waals surface area contributed by atoms with Crippen LogP contribution in [0.2, 0.25) is 15.1 Å². The average Bonchev–Trinajstić information content (AvgIpc) is 3.62. The Kier molecular flexibility index (Phi) is 7.48. The molecular formula is C32H25Cl3N4O3S. The lowest BCUT2D eigenvalue weighted by molar-refractivity contribution is 0.0118. The predicted molar refractivity (Wildman–Crippen MR) is 169 cm³/mol. The Morgan fingerprint density at radius 1 is 1.05 bits per heavy atom. The van der Waals surface area contributed by atoms with Gasteiger partial charge >= 0.3 is 0 Å². The van der Waals surface area contributed by atoms with E-state index in [1.165, 1.54) is 0 Å². The third kappa shape index (κ3) is 5.45. The summed E-state index contributed by atoms with van der Waals surface area (Å²) >= 11 is 21.3. The number of fused-ring (bicyclic) bond motifs is 1. The van der Waals surface area contributed by atoms with E-state index >= 15 is 0 Å². The van der Waals surface area contributed by atoms with E-state index in [1.54, 1.807) is 41.7 Å². The topological polar surface area (TPSA) is 95.4 Å². The van der Waals surface area contributed by atoms with Gasteiger partial charge in [-0.1, -0.05) is 63.4 Å². The molecule has 0 spiro atoms. The molecule has 3 heterocycles. The SMILES string of the molecule is N#Cc1ccc2nc(N3CCC(O)(c4ccc(OCc5c(-c6c(Cl)cccc6Cl)noc5C5CC5)cc4Cl)CC3)sc2c1. The molecule has 0 atom stereocenters. The molecule has 7 rings (SSSR count). The molecule has 1 N–H and O–H groups in total. The Bertz CT molecular complexity index is 1870. The van der Waals surface area contributed by atoms with Crippen molar-refractivity contribution in [2.24, 2.45) is 0 Å². The van der Waals surface area contributed by atoms with Gasteiger partial charge in [-0.05, 0) is 68.1 Å². The Labute approximate surface area is 267 Å². The molecule has 2 aliphatic rings. The van der Waals surface area contributed by atoms with Crippen molar-refractivity contribution in [2.75, 3.05) is 18.0 Å². The Morgan fingerprint density at radius 3 is 2.51 bits per heavy atom. The lowest BCUT2D eigenvalue weighted by Crippen LogP contribution is -2.42. The van der Waals surface area contributed by atoms with Crippen LogP contribution in [-0.2, 0) is 12.2 Å². The first-order valence-corrected chi connectivity index (χ1v) is 15.9. The first-order valence-electron chi connectivity index (χ1n) is 14.0. The van der Waals surface area contributed by atoms with Gasteiger partial charge in [0.25, 0.3) is 0 Å². The van der Waals surface area contributed by atoms with E-state index in [1.807, 2.05) is 24.3 Å². The predicted octanol–water partition coefficient (Wildman–Crippen LogP) is 8.73. The molecular weight excluding hydrogens is 627 g/mol. The van der Waals surface area contributed by atoms with Crippen molar-refractivity contribution in [1.82, 2.24) is 10.1 Å². The smallest absolute Gasteiger partial charge is 0.186 e. The van der Waals surface area contributed by atoms with Crippen LogP contribution in [0.4, 0.5) is 5.13 Å². The molecule has 5 aromatic rings. The highest BCUT2D eigenvalue weighted by atomic mass is 35.5. The van der Waals surface area contributed by atoms with Crippen LogP contribution >= 0.6 is 46.1 Å². The van der Waals surface area contributed by atoms with Gasteiger partial charge in [0.05, 0.1) is 48.1 Å². The maximum Gasteiger partial charge on any atom is 0.186 e. The maximum atomic E-state index is 11.6. The van der Waals surface area contributed by atoms with Crippen LogP contribution in [0.5, 0.6) is 5.75 Å². The zero-order valence-corrected chi connectivity index (χ0v) is 25.9. The van der Waals surface area contributed by atoms with Gasteiger partial charge in [0.15, 0.2) is 5.13 Å². The summed E-state index contributed by atoms with van der Waals surface area (Å²) < 4.78 is 12.9. The van der Waals surface area contributed by atoms with Gasteiger partial charge in [0.2, 0.25) is 0 Å². The molecule has 0 bridgehead atoms. The largest absolute Gasteiger partial charge is 0.489 e. The standard InChI is InChI=1S/C32H25Cl3N4O3S/c33-23-2-1-3-24(34)28(23)29-21(30(42-38-29)19-5-6-19)17-41-20-7-8-22(25(35)15-20)32(40)10-12-39(13-11-32)31-37-26-9-4-18(16-36)14-27(26)43-31/h1-4,7-9,14-15,19,40H,5-6,10-13,17H2. The summed E-state index contributed by atoms with van der Waals surface area (Å²) in [6, 6.07) is 18.5. The summed E-state index contributed by atoms with van der Waals surface area (Å²) in [7, 11) is 0. The van der Waals surface area contributed by atoms with Gasteiger partial charge < -0.3 is 19.3 Å². The monoisotopic (exact) mass is 650 g/mol. The number of ether oxygens (including phenoxy) is 1. The highest BCUT2D eigenvalue weighted by molar-refractivity contribution is 7.22. The van der Waals surface area contributed by atoms with E-state index < -0.39 is 5.60 Å². The first-order chi connectivity index (χ1) is 20.8. The van der Waals surface area contributed by atoms with E-state index in [0.717, 1.165) is 39.5 Å². The fourth-order valence-corrected chi connectivity index (χ4v) is 7.60. The van der Waals surface area contributed by atoms with Crippen LogP contribution in [0.3, 0.4) is 0 Å². The summed E-state index contributed by atoms with van der Waals surface area (Å²) in [6.07, 6.45) is 3.07. The quantitative estimate of drug-likeness (QED) is 0.188. The Morgan fingerprint density at radius 2 is 1.81 bits per heavy atom. The van der Waals surface area contributed by atoms with Crippen LogP contribution in [-0.4, -0.2) is 28.3 Å². The van der Waals surface area contributed by atoms with Gasteiger partial charge in [-0.25, -0.2) is 4.98 Å². The van der Waals surface area contributed by atoms with Crippen molar-refractivity contribution < 1.29 is 14.4 Å². The van der Waals surface area contributed by atoms with Gasteiger partial charge in [0.1, 0.15) is 23.8 Å². The molecule has 7 nitrogen and oxygen atoms in total. The number of hydrogen-bond donors (Lipinski definition) is 1. The number of benzene rings is 3. The molecule has 1 aliphatic carbocycles. The first kappa shape index (κ1) is 28.5. The van der Waals surface area contributed by atoms with Gasteiger partial charge in [-0.3, -0.25) is 0 Å². The van der Waals surface area contributed by atoms with Crippen molar-refractivity contribution >= 4 is 61.5 Å². The number of aliphatic hydroxyl groups is 1. The number of anilines is 1. The minimum atomic E-state index is -1.07. The van der Waals surface area contributed by atoms with Crippen molar-refractivity contribution in [1.29, 1.82) is 5.26 Å². The van der Waals surface area contributed by atoms with Crippen molar-refractivity contribution in [3.8, 4) is 23.1 Å². The van der Waals surface area contributed by atoms with E-state index in [4.69, 9.17) is 49.0 Å². The maximum absolute atomic E-state index is 11.6. The molecule has 3 aromatic carbocycles. The molecule has 2 fully saturated rings. The van der Waals surface area contributed by atoms with Gasteiger partial charge in [-0.15, -0.1) is 0 Å². The summed E-state index contributed by atoms with van der Waals surface area (Å²) in [5, 5.41) is 27.5. The Balaban J connectivity index is 1.06. The molecule has 43 heavy (non-hydrogen) atoms. The van der Waals surface area contributed by atoms with E-state index in [-0.39, 0.29) is 6.61 Å². The highest BCUT2D eigenvalue weighted by Crippen LogP contribution is 2.46. The summed E-state index contributed by atoms with van der Waals surface area (Å²) in [4.78, 5) is 6.92. The zero-order valence-electron chi connectivity index (χ0n) is 22.8. The highest BCUT2D eigenvalue weighted by Gasteiger charge is 2.37. The zero-order chi connectivity index (χ0) is 29.7. The fraction of sp³-hybridized carbons (Fsp3) is 0.281. The number of aromatic nitrogens is 2. The number of rotatable bonds is 7. The van der Waals surface area contributed by atoms with E-state index in [2.05, 4.69) is 16.1 Å². The number of nitriles is 1. The van der Waals surface area contributed by atoms with Crippen LogP contribution < -0.4 is 9.64 Å². The van der Waals surface area contributed by atoms with E-state index in [0.29, 0.717) is 75.1 Å². The number of piperidine rings is 1. The van der Waals surface area contributed by atoms with Crippen LogP contribution in [0.1, 0.15) is 54.1 Å². The normalized spacial score (nSPS) is 16.4. The lowest BCUT2D eigenvalue weighted by Gasteiger charge is -2.38. The molecule has 1 saturated heterocycles. The summed E-state index contributed by atoms with van der Waals surface area (Å²) in [5.74, 6) is 1.68. The molecule has 1 saturated carbocycles. The minimum absolute atomic E-state index is 0.207. The molecule has 2 aromatic heterocycles. The van der Waals surface area contributed by atoms with Crippen molar-refractivity contribution in [3.63, 3.8) is 0 Å². The van der Waals surface area contributed by atoms with Crippen molar-refractivity contribution in [3.05, 3.63) is 92.1 Å².